The van der Waals surface area contributed by atoms with Crippen LogP contribution >= 0.6 is 0 Å². The van der Waals surface area contributed by atoms with Gasteiger partial charge in [0.05, 0.1) is 25.9 Å². The number of benzene rings is 2. The van der Waals surface area contributed by atoms with Crippen LogP contribution in [-0.2, 0) is 27.4 Å². The summed E-state index contributed by atoms with van der Waals surface area (Å²) in [5.41, 5.74) is 2.20. The van der Waals surface area contributed by atoms with Crippen LogP contribution in [0.3, 0.4) is 0 Å². The molecule has 0 spiro atoms. The van der Waals surface area contributed by atoms with E-state index < -0.39 is 0 Å². The molecule has 1 saturated heterocycles. The van der Waals surface area contributed by atoms with Gasteiger partial charge in [-0.2, -0.15) is 0 Å². The Morgan fingerprint density at radius 3 is 1.83 bits per heavy atom. The van der Waals surface area contributed by atoms with Gasteiger partial charge in [0.2, 0.25) is 0 Å². The van der Waals surface area contributed by atoms with Gasteiger partial charge < -0.3 is 19.3 Å². The zero-order valence-corrected chi connectivity index (χ0v) is 13.9. The highest BCUT2D eigenvalue weighted by Gasteiger charge is 2.43. The molecule has 128 valence electrons. The Morgan fingerprint density at radius 1 is 0.833 bits per heavy atom. The third-order valence-corrected chi connectivity index (χ3v) is 4.29. The number of ether oxygens (including phenoxy) is 3. The minimum absolute atomic E-state index is 0.0744. The summed E-state index contributed by atoms with van der Waals surface area (Å²) < 4.78 is 17.9. The predicted molar refractivity (Wildman–Crippen MR) is 91.5 cm³/mol. The molecule has 0 amide bonds. The van der Waals surface area contributed by atoms with E-state index in [1.165, 1.54) is 0 Å². The van der Waals surface area contributed by atoms with Gasteiger partial charge in [-0.1, -0.05) is 60.7 Å². The second-order valence-corrected chi connectivity index (χ2v) is 6.08. The van der Waals surface area contributed by atoms with Gasteiger partial charge in [-0.25, -0.2) is 0 Å². The van der Waals surface area contributed by atoms with Crippen molar-refractivity contribution in [2.24, 2.45) is 0 Å². The normalized spacial score (nSPS) is 26.6. The number of aliphatic hydroxyl groups is 1. The molecule has 0 aliphatic carbocycles. The molecule has 0 aromatic heterocycles. The summed E-state index contributed by atoms with van der Waals surface area (Å²) >= 11 is 0. The molecule has 0 radical (unpaired) electrons. The van der Waals surface area contributed by atoms with Crippen molar-refractivity contribution in [1.82, 2.24) is 0 Å². The fourth-order valence-electron chi connectivity index (χ4n) is 3.02. The Hall–Kier alpha value is -1.72. The lowest BCUT2D eigenvalue weighted by Gasteiger charge is -2.23. The lowest BCUT2D eigenvalue weighted by molar-refractivity contribution is -0.0828. The topological polar surface area (TPSA) is 47.9 Å². The van der Waals surface area contributed by atoms with Crippen molar-refractivity contribution in [3.8, 4) is 0 Å². The fraction of sp³-hybridized carbons (Fsp3) is 0.400. The van der Waals surface area contributed by atoms with Gasteiger partial charge in [0, 0.05) is 0 Å². The Labute approximate surface area is 143 Å². The van der Waals surface area contributed by atoms with Crippen LogP contribution in [0.15, 0.2) is 60.7 Å². The van der Waals surface area contributed by atoms with Crippen LogP contribution in [0, 0.1) is 0 Å². The van der Waals surface area contributed by atoms with Crippen molar-refractivity contribution < 1.29 is 19.3 Å². The first kappa shape index (κ1) is 17.1. The molecule has 24 heavy (non-hydrogen) atoms. The first-order valence-corrected chi connectivity index (χ1v) is 8.35. The quantitative estimate of drug-likeness (QED) is 0.849. The minimum Gasteiger partial charge on any atom is -0.394 e. The zero-order valence-electron chi connectivity index (χ0n) is 13.9. The maximum atomic E-state index is 9.59. The third-order valence-electron chi connectivity index (χ3n) is 4.29. The van der Waals surface area contributed by atoms with E-state index in [-0.39, 0.29) is 31.0 Å². The molecule has 2 aromatic rings. The van der Waals surface area contributed by atoms with E-state index in [1.54, 1.807) is 0 Å². The van der Waals surface area contributed by atoms with Gasteiger partial charge in [0.1, 0.15) is 18.3 Å². The highest BCUT2D eigenvalue weighted by molar-refractivity contribution is 5.14. The molecular formula is C20H24O4. The highest BCUT2D eigenvalue weighted by atomic mass is 16.6. The molecule has 3 rings (SSSR count). The van der Waals surface area contributed by atoms with Crippen molar-refractivity contribution in [3.05, 3.63) is 71.8 Å². The molecule has 2 aromatic carbocycles. The van der Waals surface area contributed by atoms with E-state index in [0.29, 0.717) is 13.2 Å². The summed E-state index contributed by atoms with van der Waals surface area (Å²) in [6.07, 6.45) is -0.962. The smallest absolute Gasteiger partial charge is 0.115 e. The van der Waals surface area contributed by atoms with Gasteiger partial charge in [0.25, 0.3) is 0 Å². The number of hydrogen-bond acceptors (Lipinski definition) is 4. The molecule has 1 N–H and O–H groups in total. The predicted octanol–water partition coefficient (Wildman–Crippen LogP) is 2.94. The average molecular weight is 328 g/mol. The largest absolute Gasteiger partial charge is 0.394 e. The number of rotatable bonds is 7. The van der Waals surface area contributed by atoms with E-state index in [2.05, 4.69) is 0 Å². The summed E-state index contributed by atoms with van der Waals surface area (Å²) in [5.74, 6) is 0. The molecule has 0 saturated carbocycles. The van der Waals surface area contributed by atoms with Crippen molar-refractivity contribution in [2.75, 3.05) is 6.61 Å². The fourth-order valence-corrected chi connectivity index (χ4v) is 3.02. The SMILES string of the molecule is C[C@@H]1O[C@H](CO)[C@@H](OCc2ccccc2)[C@@H]1OCc1ccccc1. The Morgan fingerprint density at radius 2 is 1.33 bits per heavy atom. The summed E-state index contributed by atoms with van der Waals surface area (Å²) in [6, 6.07) is 20.0. The zero-order chi connectivity index (χ0) is 16.8. The molecule has 1 aliphatic rings. The van der Waals surface area contributed by atoms with Crippen LogP contribution in [0.1, 0.15) is 18.1 Å². The van der Waals surface area contributed by atoms with E-state index in [0.717, 1.165) is 11.1 Å². The average Bonchev–Trinajstić information content (AvgIpc) is 2.94. The van der Waals surface area contributed by atoms with Crippen molar-refractivity contribution in [2.45, 2.75) is 44.6 Å². The van der Waals surface area contributed by atoms with Crippen LogP contribution in [0.4, 0.5) is 0 Å². The van der Waals surface area contributed by atoms with Gasteiger partial charge in [-0.3, -0.25) is 0 Å². The van der Waals surface area contributed by atoms with Gasteiger partial charge in [-0.05, 0) is 18.1 Å². The Kier molecular flexibility index (Phi) is 5.99. The molecule has 1 fully saturated rings. The van der Waals surface area contributed by atoms with E-state index in [1.807, 2.05) is 67.6 Å². The van der Waals surface area contributed by atoms with E-state index >= 15 is 0 Å². The summed E-state index contributed by atoms with van der Waals surface area (Å²) in [6.45, 7) is 2.87. The molecular weight excluding hydrogens is 304 g/mol. The van der Waals surface area contributed by atoms with Crippen LogP contribution in [0.25, 0.3) is 0 Å². The standard InChI is InChI=1S/C20H24O4/c1-15-19(22-13-16-8-4-2-5-9-16)20(18(12-21)24-15)23-14-17-10-6-3-7-11-17/h2-11,15,18-21H,12-14H2,1H3/t15-,18+,19+,20+/m0/s1. The second-order valence-electron chi connectivity index (χ2n) is 6.08. The van der Waals surface area contributed by atoms with Crippen LogP contribution in [0.2, 0.25) is 0 Å². The van der Waals surface area contributed by atoms with Crippen molar-refractivity contribution in [3.63, 3.8) is 0 Å². The second kappa shape index (κ2) is 8.40. The minimum atomic E-state index is -0.357. The molecule has 4 heteroatoms. The lowest BCUT2D eigenvalue weighted by atomic mass is 10.1. The number of aliphatic hydroxyl groups excluding tert-OH is 1. The summed E-state index contributed by atoms with van der Waals surface area (Å²) in [7, 11) is 0. The molecule has 1 heterocycles. The first-order chi connectivity index (χ1) is 11.8. The highest BCUT2D eigenvalue weighted by Crippen LogP contribution is 2.28. The van der Waals surface area contributed by atoms with Crippen molar-refractivity contribution in [1.29, 1.82) is 0 Å². The summed E-state index contributed by atoms with van der Waals surface area (Å²) in [5, 5.41) is 9.59. The van der Waals surface area contributed by atoms with Gasteiger partial charge in [0.15, 0.2) is 0 Å². The van der Waals surface area contributed by atoms with Gasteiger partial charge in [-0.15, -0.1) is 0 Å². The van der Waals surface area contributed by atoms with Crippen LogP contribution < -0.4 is 0 Å². The molecule has 4 atom stereocenters. The number of hydrogen-bond donors (Lipinski definition) is 1. The molecule has 1 aliphatic heterocycles. The van der Waals surface area contributed by atoms with Crippen LogP contribution in [-0.4, -0.2) is 36.1 Å². The summed E-state index contributed by atoms with van der Waals surface area (Å²) in [4.78, 5) is 0. The Bertz CT molecular complexity index is 602. The molecule has 0 unspecified atom stereocenters. The monoisotopic (exact) mass is 328 g/mol. The molecule has 0 bridgehead atoms. The van der Waals surface area contributed by atoms with E-state index in [4.69, 9.17) is 14.2 Å². The first-order valence-electron chi connectivity index (χ1n) is 8.35. The maximum absolute atomic E-state index is 9.59. The lowest BCUT2D eigenvalue weighted by Crippen LogP contribution is -2.38. The molecule has 4 nitrogen and oxygen atoms in total. The van der Waals surface area contributed by atoms with Gasteiger partial charge >= 0.3 is 0 Å². The maximum Gasteiger partial charge on any atom is 0.115 e. The van der Waals surface area contributed by atoms with Crippen LogP contribution in [0.5, 0.6) is 0 Å². The van der Waals surface area contributed by atoms with E-state index in [9.17, 15) is 5.11 Å². The van der Waals surface area contributed by atoms with Crippen molar-refractivity contribution >= 4 is 0 Å². The third kappa shape index (κ3) is 4.22. The Balaban J connectivity index is 1.63.